The molecule has 0 saturated heterocycles. The Hall–Kier alpha value is -2.67. The largest absolute Gasteiger partial charge is 0.465 e. The van der Waals surface area contributed by atoms with Gasteiger partial charge >= 0.3 is 6.09 Å². The first kappa shape index (κ1) is 20.6. The summed E-state index contributed by atoms with van der Waals surface area (Å²) in [4.78, 5) is 23.5. The second-order valence-electron chi connectivity index (χ2n) is 7.24. The first-order valence-corrected chi connectivity index (χ1v) is 8.99. The Labute approximate surface area is 160 Å². The maximum Gasteiger partial charge on any atom is 0.407 e. The van der Waals surface area contributed by atoms with E-state index < -0.39 is 11.7 Å². The van der Waals surface area contributed by atoms with Crippen LogP contribution in [0, 0.1) is 0 Å². The molecule has 2 aromatic rings. The predicted molar refractivity (Wildman–Crippen MR) is 105 cm³/mol. The summed E-state index contributed by atoms with van der Waals surface area (Å²) >= 11 is 0. The second kappa shape index (κ2) is 8.81. The summed E-state index contributed by atoms with van der Waals surface area (Å²) in [5.41, 5.74) is 0.563. The Balaban J connectivity index is 2.02. The van der Waals surface area contributed by atoms with Crippen LogP contribution < -0.4 is 4.90 Å². The van der Waals surface area contributed by atoms with Gasteiger partial charge in [0.05, 0.1) is 5.69 Å². The zero-order valence-electron chi connectivity index (χ0n) is 16.3. The second-order valence-corrected chi connectivity index (χ2v) is 7.24. The van der Waals surface area contributed by atoms with Gasteiger partial charge in [0, 0.05) is 32.4 Å². The summed E-state index contributed by atoms with van der Waals surface area (Å²) in [6.07, 6.45) is 1.30. The van der Waals surface area contributed by atoms with Crippen LogP contribution in [0.1, 0.15) is 32.0 Å². The van der Waals surface area contributed by atoms with Crippen molar-refractivity contribution in [1.82, 2.24) is 14.9 Å². The van der Waals surface area contributed by atoms with E-state index in [9.17, 15) is 15.0 Å². The van der Waals surface area contributed by atoms with E-state index in [0.717, 1.165) is 5.56 Å². The van der Waals surface area contributed by atoms with Gasteiger partial charge < -0.3 is 20.0 Å². The van der Waals surface area contributed by atoms with Crippen LogP contribution in [0.5, 0.6) is 0 Å². The molecule has 0 aliphatic carbocycles. The standard InChI is InChI=1S/C20H28N4O3/c1-15(14-16-8-6-5-7-9-16)24(19(25)26)13-12-23(4)18-21-11-10-17(22-18)20(2,3)27/h5-11,15,27H,12-14H2,1-4H3,(H,25,26). The van der Waals surface area contributed by atoms with Crippen LogP contribution >= 0.6 is 0 Å². The molecule has 7 nitrogen and oxygen atoms in total. The molecule has 0 aliphatic rings. The third-order valence-electron chi connectivity index (χ3n) is 4.44. The van der Waals surface area contributed by atoms with Gasteiger partial charge in [-0.2, -0.15) is 0 Å². The molecule has 1 unspecified atom stereocenters. The summed E-state index contributed by atoms with van der Waals surface area (Å²) in [5.74, 6) is 0.454. The molecule has 27 heavy (non-hydrogen) atoms. The average molecular weight is 372 g/mol. The number of carboxylic acid groups (broad SMARTS) is 1. The molecule has 2 rings (SSSR count). The highest BCUT2D eigenvalue weighted by molar-refractivity contribution is 5.65. The fraction of sp³-hybridized carbons (Fsp3) is 0.450. The fourth-order valence-corrected chi connectivity index (χ4v) is 2.80. The van der Waals surface area contributed by atoms with Gasteiger partial charge in [-0.3, -0.25) is 0 Å². The topological polar surface area (TPSA) is 89.8 Å². The Kier molecular flexibility index (Phi) is 6.74. The summed E-state index contributed by atoms with van der Waals surface area (Å²) < 4.78 is 0. The van der Waals surface area contributed by atoms with E-state index in [2.05, 4.69) is 9.97 Å². The molecule has 7 heteroatoms. The van der Waals surface area contributed by atoms with Crippen molar-refractivity contribution in [3.05, 3.63) is 53.9 Å². The first-order chi connectivity index (χ1) is 12.7. The molecular weight excluding hydrogens is 344 g/mol. The van der Waals surface area contributed by atoms with E-state index in [4.69, 9.17) is 0 Å². The third-order valence-corrected chi connectivity index (χ3v) is 4.44. The minimum Gasteiger partial charge on any atom is -0.465 e. The van der Waals surface area contributed by atoms with E-state index in [1.807, 2.05) is 44.3 Å². The summed E-state index contributed by atoms with van der Waals surface area (Å²) in [6, 6.07) is 11.4. The van der Waals surface area contributed by atoms with E-state index in [1.54, 1.807) is 31.0 Å². The Morgan fingerprint density at radius 3 is 2.44 bits per heavy atom. The highest BCUT2D eigenvalue weighted by atomic mass is 16.4. The summed E-state index contributed by atoms with van der Waals surface area (Å²) in [5, 5.41) is 19.7. The molecule has 146 valence electrons. The zero-order chi connectivity index (χ0) is 20.0. The van der Waals surface area contributed by atoms with Crippen LogP contribution in [0.4, 0.5) is 10.7 Å². The number of hydrogen-bond acceptors (Lipinski definition) is 5. The lowest BCUT2D eigenvalue weighted by Gasteiger charge is -2.29. The molecule has 0 spiro atoms. The summed E-state index contributed by atoms with van der Waals surface area (Å²) in [6.45, 7) is 6.01. The Bertz CT molecular complexity index is 746. The highest BCUT2D eigenvalue weighted by Gasteiger charge is 2.22. The maximum atomic E-state index is 11.7. The monoisotopic (exact) mass is 372 g/mol. The lowest BCUT2D eigenvalue weighted by Crippen LogP contribution is -2.43. The molecule has 1 atom stereocenters. The third kappa shape index (κ3) is 5.92. The summed E-state index contributed by atoms with van der Waals surface area (Å²) in [7, 11) is 1.81. The van der Waals surface area contributed by atoms with Gasteiger partial charge in [0.1, 0.15) is 5.60 Å². The van der Waals surface area contributed by atoms with Crippen LogP contribution in [0.2, 0.25) is 0 Å². The lowest BCUT2D eigenvalue weighted by atomic mass is 10.1. The zero-order valence-corrected chi connectivity index (χ0v) is 16.3. The average Bonchev–Trinajstić information content (AvgIpc) is 2.61. The van der Waals surface area contributed by atoms with Crippen molar-refractivity contribution >= 4 is 12.0 Å². The van der Waals surface area contributed by atoms with Crippen LogP contribution in [0.3, 0.4) is 0 Å². The number of benzene rings is 1. The van der Waals surface area contributed by atoms with Gasteiger partial charge in [-0.15, -0.1) is 0 Å². The SMILES string of the molecule is CC(Cc1ccccc1)N(CCN(C)c1nccc(C(C)(C)O)n1)C(=O)O. The molecule has 0 bridgehead atoms. The molecule has 0 fully saturated rings. The maximum absolute atomic E-state index is 11.7. The lowest BCUT2D eigenvalue weighted by molar-refractivity contribution is 0.0738. The van der Waals surface area contributed by atoms with E-state index in [-0.39, 0.29) is 6.04 Å². The number of nitrogens with zero attached hydrogens (tertiary/aromatic N) is 4. The number of aliphatic hydroxyl groups is 1. The van der Waals surface area contributed by atoms with Crippen molar-refractivity contribution in [1.29, 1.82) is 0 Å². The van der Waals surface area contributed by atoms with Gasteiger partial charge in [-0.25, -0.2) is 14.8 Å². The quantitative estimate of drug-likeness (QED) is 0.741. The number of likely N-dealkylation sites (N-methyl/N-ethyl adjacent to an activating group) is 1. The van der Waals surface area contributed by atoms with Crippen LogP contribution in [0.15, 0.2) is 42.6 Å². The molecule has 0 radical (unpaired) electrons. The molecule has 2 N–H and O–H groups in total. The fourth-order valence-electron chi connectivity index (χ4n) is 2.80. The van der Waals surface area contributed by atoms with Crippen LogP contribution in [0.25, 0.3) is 0 Å². The van der Waals surface area contributed by atoms with Crippen molar-refractivity contribution in [2.75, 3.05) is 25.0 Å². The van der Waals surface area contributed by atoms with E-state index >= 15 is 0 Å². The highest BCUT2D eigenvalue weighted by Crippen LogP contribution is 2.18. The molecule has 1 amide bonds. The van der Waals surface area contributed by atoms with E-state index in [0.29, 0.717) is 31.2 Å². The normalized spacial score (nSPS) is 12.5. The van der Waals surface area contributed by atoms with Crippen LogP contribution in [-0.2, 0) is 12.0 Å². The molecule has 1 aromatic carbocycles. The van der Waals surface area contributed by atoms with Gasteiger partial charge in [0.15, 0.2) is 0 Å². The number of rotatable bonds is 8. The van der Waals surface area contributed by atoms with Crippen molar-refractivity contribution in [3.8, 4) is 0 Å². The molecular formula is C20H28N4O3. The Morgan fingerprint density at radius 1 is 1.19 bits per heavy atom. The van der Waals surface area contributed by atoms with Crippen molar-refractivity contribution < 1.29 is 15.0 Å². The number of anilines is 1. The molecule has 0 aliphatic heterocycles. The van der Waals surface area contributed by atoms with Crippen molar-refractivity contribution in [2.24, 2.45) is 0 Å². The minimum atomic E-state index is -1.06. The number of carbonyl (C=O) groups is 1. The number of amides is 1. The van der Waals surface area contributed by atoms with Gasteiger partial charge in [-0.1, -0.05) is 30.3 Å². The van der Waals surface area contributed by atoms with Crippen molar-refractivity contribution in [2.45, 2.75) is 38.8 Å². The van der Waals surface area contributed by atoms with Crippen LogP contribution in [-0.4, -0.2) is 57.4 Å². The number of hydrogen-bond donors (Lipinski definition) is 2. The molecule has 1 aromatic heterocycles. The van der Waals surface area contributed by atoms with E-state index in [1.165, 1.54) is 4.90 Å². The molecule has 0 saturated carbocycles. The van der Waals surface area contributed by atoms with Gasteiger partial charge in [-0.05, 0) is 38.8 Å². The van der Waals surface area contributed by atoms with Crippen molar-refractivity contribution in [3.63, 3.8) is 0 Å². The van der Waals surface area contributed by atoms with Gasteiger partial charge in [0.25, 0.3) is 0 Å². The smallest absolute Gasteiger partial charge is 0.407 e. The minimum absolute atomic E-state index is 0.151. The first-order valence-electron chi connectivity index (χ1n) is 8.99. The Morgan fingerprint density at radius 2 is 1.85 bits per heavy atom. The predicted octanol–water partition coefficient (Wildman–Crippen LogP) is 2.75. The molecule has 1 heterocycles. The number of aromatic nitrogens is 2. The van der Waals surface area contributed by atoms with Gasteiger partial charge in [0.2, 0.25) is 5.95 Å².